The summed E-state index contributed by atoms with van der Waals surface area (Å²) in [6.07, 6.45) is 1.08. The van der Waals surface area contributed by atoms with Gasteiger partial charge >= 0.3 is 11.7 Å². The van der Waals surface area contributed by atoms with Crippen LogP contribution >= 0.6 is 0 Å². The van der Waals surface area contributed by atoms with Crippen molar-refractivity contribution in [1.29, 1.82) is 0 Å². The molecule has 248 valence electrons. The molecule has 14 heteroatoms. The number of hydrogen-bond donors (Lipinski definition) is 0. The summed E-state index contributed by atoms with van der Waals surface area (Å²) in [5.74, 6) is -4.00. The number of pyridine rings is 2. The molecule has 48 heavy (non-hydrogen) atoms. The summed E-state index contributed by atoms with van der Waals surface area (Å²) < 4.78 is 44.2. The van der Waals surface area contributed by atoms with Crippen LogP contribution in [-0.2, 0) is 19.1 Å². The quantitative estimate of drug-likeness (QED) is 0.234. The van der Waals surface area contributed by atoms with Gasteiger partial charge in [-0.25, -0.2) is 23.1 Å². The Hall–Kier alpha value is -5.53. The van der Waals surface area contributed by atoms with Crippen molar-refractivity contribution in [3.63, 3.8) is 0 Å². The van der Waals surface area contributed by atoms with E-state index in [9.17, 15) is 19.2 Å². The number of rotatable bonds is 4. The molecule has 0 spiro atoms. The maximum atomic E-state index is 16.3. The number of benzene rings is 1. The molecule has 5 heterocycles. The van der Waals surface area contributed by atoms with Crippen molar-refractivity contribution in [3.05, 3.63) is 82.6 Å². The predicted octanol–water partition coefficient (Wildman–Crippen LogP) is 4.03. The maximum absolute atomic E-state index is 16.3. The molecule has 12 nitrogen and oxygen atoms in total. The van der Waals surface area contributed by atoms with Gasteiger partial charge in [0.05, 0.1) is 22.3 Å². The number of piperazine rings is 1. The molecule has 0 saturated carbocycles. The molecule has 0 N–H and O–H groups in total. The van der Waals surface area contributed by atoms with Gasteiger partial charge in [0.1, 0.15) is 23.1 Å². The fourth-order valence-corrected chi connectivity index (χ4v) is 6.21. The van der Waals surface area contributed by atoms with Gasteiger partial charge in [-0.05, 0) is 43.2 Å². The number of aromatic nitrogens is 4. The van der Waals surface area contributed by atoms with Gasteiger partial charge in [0, 0.05) is 44.4 Å². The Bertz CT molecular complexity index is 2060. The zero-order valence-corrected chi connectivity index (χ0v) is 26.7. The Morgan fingerprint density at radius 2 is 1.90 bits per heavy atom. The van der Waals surface area contributed by atoms with Gasteiger partial charge in [-0.2, -0.15) is 4.98 Å². The third-order valence-electron chi connectivity index (χ3n) is 8.38. The van der Waals surface area contributed by atoms with E-state index in [2.05, 4.69) is 21.5 Å². The van der Waals surface area contributed by atoms with E-state index in [4.69, 9.17) is 9.47 Å². The molecular formula is C34H32F2N6O6. The number of amides is 1. The van der Waals surface area contributed by atoms with Crippen LogP contribution in [0, 0.1) is 11.6 Å². The van der Waals surface area contributed by atoms with Crippen molar-refractivity contribution in [1.82, 2.24) is 24.4 Å². The molecule has 1 fully saturated rings. The molecule has 1 saturated heterocycles. The lowest BCUT2D eigenvalue weighted by Crippen LogP contribution is -2.54. The van der Waals surface area contributed by atoms with Crippen LogP contribution in [0.1, 0.15) is 51.0 Å². The van der Waals surface area contributed by atoms with Gasteiger partial charge in [-0.3, -0.25) is 19.4 Å². The molecule has 6 rings (SSSR count). The number of nitrogens with zero attached hydrogens (tertiary/aromatic N) is 6. The molecule has 0 radical (unpaired) electrons. The number of esters is 1. The Labute approximate surface area is 273 Å². The second kappa shape index (κ2) is 12.6. The predicted molar refractivity (Wildman–Crippen MR) is 171 cm³/mol. The summed E-state index contributed by atoms with van der Waals surface area (Å²) in [6.45, 7) is 10.3. The lowest BCUT2D eigenvalue weighted by molar-refractivity contribution is -0.154. The van der Waals surface area contributed by atoms with Crippen molar-refractivity contribution in [2.24, 2.45) is 0 Å². The second-order valence-electron chi connectivity index (χ2n) is 11.9. The highest BCUT2D eigenvalue weighted by molar-refractivity contribution is 5.93. The Balaban J connectivity index is 1.74. The van der Waals surface area contributed by atoms with Crippen LogP contribution in [0.2, 0.25) is 0 Å². The van der Waals surface area contributed by atoms with Crippen LogP contribution in [0.4, 0.5) is 14.6 Å². The Morgan fingerprint density at radius 3 is 2.58 bits per heavy atom. The highest BCUT2D eigenvalue weighted by atomic mass is 19.1. The number of ether oxygens (including phenoxy) is 2. The first kappa shape index (κ1) is 32.4. The highest BCUT2D eigenvalue weighted by Crippen LogP contribution is 2.39. The van der Waals surface area contributed by atoms with Crippen LogP contribution in [0.5, 0.6) is 5.75 Å². The van der Waals surface area contributed by atoms with Gasteiger partial charge in [0.2, 0.25) is 11.7 Å². The van der Waals surface area contributed by atoms with Crippen LogP contribution in [-0.4, -0.2) is 74.4 Å². The molecule has 0 aliphatic carbocycles. The maximum Gasteiger partial charge on any atom is 0.355 e. The largest absolute Gasteiger partial charge is 0.485 e. The lowest BCUT2D eigenvalue weighted by Gasteiger charge is -2.40. The van der Waals surface area contributed by atoms with E-state index in [0.717, 1.165) is 23.6 Å². The zero-order valence-electron chi connectivity index (χ0n) is 26.7. The minimum atomic E-state index is -1.56. The molecular weight excluding hydrogens is 626 g/mol. The number of carbonyl (C=O) groups is 3. The average Bonchev–Trinajstić information content (AvgIpc) is 3.05. The van der Waals surface area contributed by atoms with Gasteiger partial charge in [0.25, 0.3) is 0 Å². The first-order valence-corrected chi connectivity index (χ1v) is 15.3. The number of halogens is 2. The molecule has 2 aliphatic heterocycles. The highest BCUT2D eigenvalue weighted by Gasteiger charge is 2.35. The van der Waals surface area contributed by atoms with Crippen molar-refractivity contribution in [2.45, 2.75) is 45.8 Å². The summed E-state index contributed by atoms with van der Waals surface area (Å²) in [7, 11) is 0. The van der Waals surface area contributed by atoms with E-state index in [-0.39, 0.29) is 76.9 Å². The summed E-state index contributed by atoms with van der Waals surface area (Å²) in [5.41, 5.74) is -1.30. The molecule has 2 bridgehead atoms. The second-order valence-corrected chi connectivity index (χ2v) is 11.9. The minimum absolute atomic E-state index is 0.0648. The SMILES string of the molecule is C=CC(=O)N1CCN(c2nc(=O)n3c4nc(c(F)cc24)-c2c(F)cccc2OCC(=O)C(OC(C)=O)c2ccnc(C(C)C)c2-3)[C@@H](C)C1. The van der Waals surface area contributed by atoms with Crippen LogP contribution < -0.4 is 15.3 Å². The van der Waals surface area contributed by atoms with Gasteiger partial charge in [-0.15, -0.1) is 0 Å². The van der Waals surface area contributed by atoms with Crippen molar-refractivity contribution < 1.29 is 32.6 Å². The summed E-state index contributed by atoms with van der Waals surface area (Å²) in [5, 5.41) is 0.0990. The third kappa shape index (κ3) is 5.56. The lowest BCUT2D eigenvalue weighted by atomic mass is 9.98. The van der Waals surface area contributed by atoms with E-state index in [1.54, 1.807) is 9.80 Å². The topological polar surface area (TPSA) is 137 Å². The number of ketones is 1. The van der Waals surface area contributed by atoms with Gasteiger partial charge < -0.3 is 19.3 Å². The number of anilines is 1. The van der Waals surface area contributed by atoms with Crippen molar-refractivity contribution >= 4 is 34.5 Å². The van der Waals surface area contributed by atoms with Crippen LogP contribution in [0.15, 0.2) is 54.0 Å². The Kier molecular flexibility index (Phi) is 8.50. The molecule has 4 aromatic rings. The normalized spacial score (nSPS) is 17.7. The fourth-order valence-electron chi connectivity index (χ4n) is 6.21. The molecule has 2 atom stereocenters. The summed E-state index contributed by atoms with van der Waals surface area (Å²) in [4.78, 5) is 69.7. The fraction of sp³-hybridized carbons (Fsp3) is 0.324. The molecule has 1 amide bonds. The number of fused-ring (bicyclic) bond motifs is 5. The van der Waals surface area contributed by atoms with E-state index in [1.165, 1.54) is 30.5 Å². The standard InChI is InChI=1S/C34H32F2N6O6/c1-6-26(45)40-12-13-41(18(4)15-40)32-21-14-23(36)29-27-22(35)8-7-9-25(27)47-16-24(44)31(48-19(5)43)20-10-11-37-28(17(2)3)30(20)42(33(21)38-29)34(46)39-32/h6-11,14,17-18,31H,1,12-13,15-16H2,2-5H3/t18-,31?/m0/s1. The van der Waals surface area contributed by atoms with Crippen molar-refractivity contribution in [3.8, 4) is 22.7 Å². The number of carbonyl (C=O) groups excluding carboxylic acids is 3. The smallest absolute Gasteiger partial charge is 0.355 e. The molecule has 1 aromatic carbocycles. The first-order valence-electron chi connectivity index (χ1n) is 15.3. The van der Waals surface area contributed by atoms with E-state index in [0.29, 0.717) is 5.69 Å². The summed E-state index contributed by atoms with van der Waals surface area (Å²) >= 11 is 0. The zero-order chi connectivity index (χ0) is 34.4. The minimum Gasteiger partial charge on any atom is -0.485 e. The van der Waals surface area contributed by atoms with Crippen LogP contribution in [0.3, 0.4) is 0 Å². The van der Waals surface area contributed by atoms with Crippen LogP contribution in [0.25, 0.3) is 28.0 Å². The van der Waals surface area contributed by atoms with Gasteiger partial charge in [-0.1, -0.05) is 26.5 Å². The molecule has 3 aromatic heterocycles. The van der Waals surface area contributed by atoms with E-state index >= 15 is 8.78 Å². The molecule has 1 unspecified atom stereocenters. The van der Waals surface area contributed by atoms with Crippen molar-refractivity contribution in [2.75, 3.05) is 31.1 Å². The van der Waals surface area contributed by atoms with E-state index < -0.39 is 47.5 Å². The Morgan fingerprint density at radius 1 is 1.12 bits per heavy atom. The van der Waals surface area contributed by atoms with E-state index in [1.807, 2.05) is 20.8 Å². The number of Topliss-reactive ketones (excluding diaryl/α,β-unsaturated/α-hetero) is 1. The average molecular weight is 659 g/mol. The third-order valence-corrected chi connectivity index (χ3v) is 8.38. The monoisotopic (exact) mass is 658 g/mol. The van der Waals surface area contributed by atoms with Gasteiger partial charge in [0.15, 0.2) is 24.2 Å². The number of hydrogen-bond acceptors (Lipinski definition) is 10. The molecule has 2 aliphatic rings. The first-order chi connectivity index (χ1) is 22.9. The summed E-state index contributed by atoms with van der Waals surface area (Å²) in [6, 6.07) is 6.00.